The first-order valence-electron chi connectivity index (χ1n) is 7.27. The first-order chi connectivity index (χ1) is 9.33. The number of nitrogens with one attached hydrogen (secondary N) is 1. The number of hydrogen-bond acceptors (Lipinski definition) is 4. The molecule has 0 saturated carbocycles. The maximum atomic E-state index is 5.34. The Balaban J connectivity index is 1.98. The van der Waals surface area contributed by atoms with Gasteiger partial charge in [0.1, 0.15) is 0 Å². The van der Waals surface area contributed by atoms with Crippen molar-refractivity contribution >= 4 is 0 Å². The normalized spacial score (nSPS) is 19.0. The van der Waals surface area contributed by atoms with Gasteiger partial charge in [-0.3, -0.25) is 4.90 Å². The number of methoxy groups -OCH3 is 1. The molecule has 1 unspecified atom stereocenters. The van der Waals surface area contributed by atoms with E-state index in [1.165, 1.54) is 31.4 Å². The van der Waals surface area contributed by atoms with Gasteiger partial charge in [-0.15, -0.1) is 0 Å². The molecule has 1 aliphatic rings. The fourth-order valence-electron chi connectivity index (χ4n) is 2.74. The van der Waals surface area contributed by atoms with Crippen molar-refractivity contribution in [2.24, 2.45) is 0 Å². The smallest absolute Gasteiger partial charge is 0.217 e. The molecule has 2 heterocycles. The summed E-state index contributed by atoms with van der Waals surface area (Å²) in [6.07, 6.45) is 5.56. The van der Waals surface area contributed by atoms with Crippen LogP contribution in [0.4, 0.5) is 0 Å². The lowest BCUT2D eigenvalue weighted by Crippen LogP contribution is -2.37. The van der Waals surface area contributed by atoms with Crippen LogP contribution in [0.5, 0.6) is 5.88 Å². The number of aromatic nitrogens is 1. The third-order valence-electron chi connectivity index (χ3n) is 3.62. The Morgan fingerprint density at radius 3 is 3.11 bits per heavy atom. The second-order valence-corrected chi connectivity index (χ2v) is 5.20. The van der Waals surface area contributed by atoms with Gasteiger partial charge in [0.25, 0.3) is 0 Å². The fourth-order valence-corrected chi connectivity index (χ4v) is 2.74. The van der Waals surface area contributed by atoms with E-state index in [4.69, 9.17) is 4.74 Å². The molecular formula is C15H25N3O. The van der Waals surface area contributed by atoms with Crippen molar-refractivity contribution in [1.82, 2.24) is 15.2 Å². The number of nitrogens with zero attached hydrogens (tertiary/aromatic N) is 2. The maximum absolute atomic E-state index is 5.34. The zero-order valence-corrected chi connectivity index (χ0v) is 12.1. The molecule has 1 aromatic heterocycles. The highest BCUT2D eigenvalue weighted by Crippen LogP contribution is 2.17. The van der Waals surface area contributed by atoms with E-state index in [2.05, 4.69) is 28.2 Å². The highest BCUT2D eigenvalue weighted by Gasteiger charge is 2.18. The van der Waals surface area contributed by atoms with E-state index in [0.717, 1.165) is 25.5 Å². The Labute approximate surface area is 116 Å². The number of pyridine rings is 1. The molecule has 1 aliphatic heterocycles. The van der Waals surface area contributed by atoms with E-state index in [0.29, 0.717) is 6.04 Å². The number of rotatable bonds is 7. The van der Waals surface area contributed by atoms with E-state index in [9.17, 15) is 0 Å². The van der Waals surface area contributed by atoms with E-state index in [1.807, 2.05) is 6.07 Å². The summed E-state index contributed by atoms with van der Waals surface area (Å²) >= 11 is 0. The minimum atomic E-state index is 0.647. The second kappa shape index (κ2) is 7.46. The van der Waals surface area contributed by atoms with Crippen LogP contribution in [0.25, 0.3) is 0 Å². The Morgan fingerprint density at radius 2 is 2.42 bits per heavy atom. The maximum Gasteiger partial charge on any atom is 0.217 e. The highest BCUT2D eigenvalue weighted by atomic mass is 16.5. The average Bonchev–Trinajstić information content (AvgIpc) is 2.92. The van der Waals surface area contributed by atoms with Crippen LogP contribution in [0.3, 0.4) is 0 Å². The van der Waals surface area contributed by atoms with Crippen LogP contribution >= 0.6 is 0 Å². The van der Waals surface area contributed by atoms with Gasteiger partial charge >= 0.3 is 0 Å². The summed E-state index contributed by atoms with van der Waals surface area (Å²) < 4.78 is 5.34. The molecule has 0 bridgehead atoms. The predicted molar refractivity (Wildman–Crippen MR) is 77.4 cm³/mol. The fraction of sp³-hybridized carbons (Fsp3) is 0.667. The number of ether oxygens (including phenoxy) is 1. The van der Waals surface area contributed by atoms with Gasteiger partial charge in [-0.05, 0) is 38.4 Å². The van der Waals surface area contributed by atoms with Gasteiger partial charge in [0.05, 0.1) is 7.11 Å². The van der Waals surface area contributed by atoms with Gasteiger partial charge in [-0.2, -0.15) is 0 Å². The molecule has 1 atom stereocenters. The molecule has 0 radical (unpaired) electrons. The quantitative estimate of drug-likeness (QED) is 0.817. The molecule has 0 aromatic carbocycles. The standard InChI is InChI=1S/C15H25N3O/c1-3-10-18(12-14-7-5-8-16-14)11-13-6-4-9-17-15(13)19-2/h4,6,9,14,16H,3,5,7-8,10-12H2,1-2H3. The summed E-state index contributed by atoms with van der Waals surface area (Å²) in [4.78, 5) is 6.78. The topological polar surface area (TPSA) is 37.4 Å². The van der Waals surface area contributed by atoms with Crippen LogP contribution in [0.15, 0.2) is 18.3 Å². The third-order valence-corrected chi connectivity index (χ3v) is 3.62. The molecule has 1 N–H and O–H groups in total. The minimum Gasteiger partial charge on any atom is -0.481 e. The molecule has 0 spiro atoms. The molecule has 19 heavy (non-hydrogen) atoms. The summed E-state index contributed by atoms with van der Waals surface area (Å²) in [5.74, 6) is 0.753. The van der Waals surface area contributed by atoms with E-state index < -0.39 is 0 Å². The van der Waals surface area contributed by atoms with Crippen LogP contribution in [-0.2, 0) is 6.54 Å². The predicted octanol–water partition coefficient (Wildman–Crippen LogP) is 2.05. The van der Waals surface area contributed by atoms with Gasteiger partial charge in [0.2, 0.25) is 5.88 Å². The zero-order valence-electron chi connectivity index (χ0n) is 12.1. The second-order valence-electron chi connectivity index (χ2n) is 5.20. The first kappa shape index (κ1) is 14.3. The summed E-state index contributed by atoms with van der Waals surface area (Å²) in [5, 5.41) is 3.57. The Hall–Kier alpha value is -1.13. The van der Waals surface area contributed by atoms with Crippen molar-refractivity contribution in [2.45, 2.75) is 38.8 Å². The van der Waals surface area contributed by atoms with Crippen LogP contribution in [0, 0.1) is 0 Å². The van der Waals surface area contributed by atoms with Crippen molar-refractivity contribution in [3.8, 4) is 5.88 Å². The molecule has 1 saturated heterocycles. The summed E-state index contributed by atoms with van der Waals surface area (Å²) in [6.45, 7) is 6.56. The monoisotopic (exact) mass is 263 g/mol. The van der Waals surface area contributed by atoms with E-state index >= 15 is 0 Å². The van der Waals surface area contributed by atoms with Gasteiger partial charge in [-0.25, -0.2) is 4.98 Å². The molecule has 0 aliphatic carbocycles. The Morgan fingerprint density at radius 1 is 1.53 bits per heavy atom. The van der Waals surface area contributed by atoms with Gasteiger partial charge in [-0.1, -0.05) is 13.0 Å². The third kappa shape index (κ3) is 4.18. The Kier molecular flexibility index (Phi) is 5.61. The molecule has 4 nitrogen and oxygen atoms in total. The lowest BCUT2D eigenvalue weighted by atomic mass is 10.2. The van der Waals surface area contributed by atoms with Crippen LogP contribution < -0.4 is 10.1 Å². The van der Waals surface area contributed by atoms with Crippen molar-refractivity contribution in [1.29, 1.82) is 0 Å². The van der Waals surface area contributed by atoms with Crippen molar-refractivity contribution < 1.29 is 4.74 Å². The summed E-state index contributed by atoms with van der Waals surface area (Å²) in [6, 6.07) is 4.74. The van der Waals surface area contributed by atoms with Gasteiger partial charge in [0, 0.05) is 30.9 Å². The van der Waals surface area contributed by atoms with Crippen molar-refractivity contribution in [3.63, 3.8) is 0 Å². The lowest BCUT2D eigenvalue weighted by Gasteiger charge is -2.25. The molecule has 0 amide bonds. The minimum absolute atomic E-state index is 0.647. The summed E-state index contributed by atoms with van der Waals surface area (Å²) in [7, 11) is 1.69. The van der Waals surface area contributed by atoms with Gasteiger partial charge < -0.3 is 10.1 Å². The van der Waals surface area contributed by atoms with Crippen molar-refractivity contribution in [2.75, 3.05) is 26.7 Å². The molecule has 106 valence electrons. The molecular weight excluding hydrogens is 238 g/mol. The van der Waals surface area contributed by atoms with Crippen LogP contribution in [0.1, 0.15) is 31.7 Å². The van der Waals surface area contributed by atoms with Gasteiger partial charge in [0.15, 0.2) is 0 Å². The first-order valence-corrected chi connectivity index (χ1v) is 7.27. The lowest BCUT2D eigenvalue weighted by molar-refractivity contribution is 0.237. The molecule has 4 heteroatoms. The summed E-state index contributed by atoms with van der Waals surface area (Å²) in [5.41, 5.74) is 1.18. The zero-order chi connectivity index (χ0) is 13.5. The van der Waals surface area contributed by atoms with E-state index in [1.54, 1.807) is 13.3 Å². The number of hydrogen-bond donors (Lipinski definition) is 1. The van der Waals surface area contributed by atoms with Crippen LogP contribution in [0.2, 0.25) is 0 Å². The molecule has 1 fully saturated rings. The average molecular weight is 263 g/mol. The van der Waals surface area contributed by atoms with E-state index in [-0.39, 0.29) is 0 Å². The van der Waals surface area contributed by atoms with Crippen LogP contribution in [-0.4, -0.2) is 42.7 Å². The molecule has 2 rings (SSSR count). The van der Waals surface area contributed by atoms with Crippen molar-refractivity contribution in [3.05, 3.63) is 23.9 Å². The highest BCUT2D eigenvalue weighted by molar-refractivity contribution is 5.25. The SMILES string of the molecule is CCCN(Cc1cccnc1OC)CC1CCCN1. The molecule has 1 aromatic rings. The Bertz CT molecular complexity index is 377. The largest absolute Gasteiger partial charge is 0.481 e.